The topological polar surface area (TPSA) is 48.2 Å². The molecule has 2 rings (SSSR count). The molecule has 0 aliphatic carbocycles. The van der Waals surface area contributed by atoms with E-state index in [-0.39, 0.29) is 6.61 Å². The summed E-state index contributed by atoms with van der Waals surface area (Å²) in [6.07, 6.45) is 0. The van der Waals surface area contributed by atoms with E-state index < -0.39 is 0 Å². The average molecular weight is 297 g/mol. The maximum atomic E-state index is 5.66. The molecule has 0 saturated carbocycles. The zero-order valence-corrected chi connectivity index (χ0v) is 12.0. The first-order valence-electron chi connectivity index (χ1n) is 5.61. The van der Waals surface area contributed by atoms with Crippen molar-refractivity contribution in [3.63, 3.8) is 0 Å². The van der Waals surface area contributed by atoms with Gasteiger partial charge < -0.3 is 9.15 Å². The second kappa shape index (κ2) is 6.63. The predicted molar refractivity (Wildman–Crippen MR) is 75.5 cm³/mol. The minimum atomic E-state index is 0.249. The molecular formula is C13H13ClN2O2S. The van der Waals surface area contributed by atoms with E-state index in [1.807, 2.05) is 31.2 Å². The highest BCUT2D eigenvalue weighted by molar-refractivity contribution is 7.99. The summed E-state index contributed by atoms with van der Waals surface area (Å²) in [5, 5.41) is 8.79. The molecule has 2 aromatic rings. The molecule has 1 aromatic carbocycles. The Morgan fingerprint density at radius 3 is 3.05 bits per heavy atom. The van der Waals surface area contributed by atoms with Crippen LogP contribution >= 0.6 is 23.4 Å². The van der Waals surface area contributed by atoms with Crippen molar-refractivity contribution in [3.05, 3.63) is 47.3 Å². The van der Waals surface area contributed by atoms with Crippen LogP contribution < -0.4 is 4.74 Å². The summed E-state index contributed by atoms with van der Waals surface area (Å²) < 4.78 is 11.0. The molecule has 0 atom stereocenters. The Balaban J connectivity index is 1.88. The van der Waals surface area contributed by atoms with Crippen LogP contribution in [0.2, 0.25) is 0 Å². The van der Waals surface area contributed by atoms with E-state index in [4.69, 9.17) is 20.8 Å². The van der Waals surface area contributed by atoms with E-state index in [0.29, 0.717) is 21.9 Å². The van der Waals surface area contributed by atoms with Gasteiger partial charge in [-0.1, -0.05) is 42.1 Å². The van der Waals surface area contributed by atoms with E-state index >= 15 is 0 Å². The van der Waals surface area contributed by atoms with Crippen molar-refractivity contribution in [2.45, 2.75) is 18.8 Å². The highest BCUT2D eigenvalue weighted by Crippen LogP contribution is 2.20. The van der Waals surface area contributed by atoms with Gasteiger partial charge in [0.15, 0.2) is 6.61 Å². The van der Waals surface area contributed by atoms with Gasteiger partial charge in [-0.25, -0.2) is 0 Å². The highest BCUT2D eigenvalue weighted by atomic mass is 35.5. The van der Waals surface area contributed by atoms with Gasteiger partial charge in [-0.3, -0.25) is 0 Å². The normalized spacial score (nSPS) is 10.4. The number of halogens is 1. The SMILES string of the molecule is C=C(Cl)CSc1nnc(COc2cccc(C)c2)o1. The summed E-state index contributed by atoms with van der Waals surface area (Å²) in [4.78, 5) is 0. The number of rotatable bonds is 6. The maximum absolute atomic E-state index is 5.66. The molecule has 0 unspecified atom stereocenters. The van der Waals surface area contributed by atoms with Crippen molar-refractivity contribution < 1.29 is 9.15 Å². The molecule has 0 fully saturated rings. The highest BCUT2D eigenvalue weighted by Gasteiger charge is 2.07. The second-order valence-corrected chi connectivity index (χ2v) is 5.33. The van der Waals surface area contributed by atoms with Crippen molar-refractivity contribution >= 4 is 23.4 Å². The molecule has 0 saturated heterocycles. The Bertz CT molecular complexity index is 571. The lowest BCUT2D eigenvalue weighted by Crippen LogP contribution is -1.95. The van der Waals surface area contributed by atoms with Gasteiger partial charge in [0.05, 0.1) is 0 Å². The summed E-state index contributed by atoms with van der Waals surface area (Å²) in [7, 11) is 0. The number of thioether (sulfide) groups is 1. The fraction of sp³-hybridized carbons (Fsp3) is 0.231. The fourth-order valence-corrected chi connectivity index (χ4v) is 2.04. The molecule has 0 aliphatic rings. The first kappa shape index (κ1) is 14.0. The van der Waals surface area contributed by atoms with E-state index in [1.165, 1.54) is 11.8 Å². The molecule has 0 aliphatic heterocycles. The molecule has 0 spiro atoms. The van der Waals surface area contributed by atoms with Crippen LogP contribution in [0.25, 0.3) is 0 Å². The Morgan fingerprint density at radius 2 is 2.32 bits per heavy atom. The third-order valence-corrected chi connectivity index (χ3v) is 3.35. The van der Waals surface area contributed by atoms with Crippen molar-refractivity contribution in [3.8, 4) is 5.75 Å². The number of hydrogen-bond donors (Lipinski definition) is 0. The van der Waals surface area contributed by atoms with Gasteiger partial charge in [-0.05, 0) is 24.6 Å². The van der Waals surface area contributed by atoms with Crippen molar-refractivity contribution in [2.75, 3.05) is 5.75 Å². The molecule has 0 radical (unpaired) electrons. The van der Waals surface area contributed by atoms with E-state index in [9.17, 15) is 0 Å². The summed E-state index contributed by atoms with van der Waals surface area (Å²) in [6, 6.07) is 7.78. The van der Waals surface area contributed by atoms with E-state index in [1.54, 1.807) is 0 Å². The number of aryl methyl sites for hydroxylation is 1. The van der Waals surface area contributed by atoms with Gasteiger partial charge in [0.2, 0.25) is 0 Å². The Kier molecular flexibility index (Phi) is 4.87. The van der Waals surface area contributed by atoms with Crippen LogP contribution in [0.15, 0.2) is 45.5 Å². The van der Waals surface area contributed by atoms with Gasteiger partial charge in [-0.15, -0.1) is 10.2 Å². The van der Waals surface area contributed by atoms with E-state index in [0.717, 1.165) is 11.3 Å². The summed E-state index contributed by atoms with van der Waals surface area (Å²) in [5.74, 6) is 1.76. The van der Waals surface area contributed by atoms with Crippen LogP contribution in [-0.2, 0) is 6.61 Å². The van der Waals surface area contributed by atoms with Crippen LogP contribution in [0.5, 0.6) is 5.75 Å². The minimum absolute atomic E-state index is 0.249. The maximum Gasteiger partial charge on any atom is 0.277 e. The second-order valence-electron chi connectivity index (χ2n) is 3.87. The smallest absolute Gasteiger partial charge is 0.277 e. The third-order valence-electron chi connectivity index (χ3n) is 2.15. The lowest BCUT2D eigenvalue weighted by Gasteiger charge is -2.03. The van der Waals surface area contributed by atoms with Gasteiger partial charge in [0.25, 0.3) is 11.1 Å². The third kappa shape index (κ3) is 4.61. The minimum Gasteiger partial charge on any atom is -0.484 e. The average Bonchev–Trinajstić information content (AvgIpc) is 2.82. The zero-order chi connectivity index (χ0) is 13.7. The molecule has 0 bridgehead atoms. The molecule has 0 N–H and O–H groups in total. The molecule has 0 amide bonds. The molecular weight excluding hydrogens is 284 g/mol. The van der Waals surface area contributed by atoms with Gasteiger partial charge >= 0.3 is 0 Å². The molecule has 6 heteroatoms. The number of benzene rings is 1. The summed E-state index contributed by atoms with van der Waals surface area (Å²) >= 11 is 7.01. The molecule has 1 heterocycles. The monoisotopic (exact) mass is 296 g/mol. The largest absolute Gasteiger partial charge is 0.484 e. The predicted octanol–water partition coefficient (Wildman–Crippen LogP) is 3.80. The lowest BCUT2D eigenvalue weighted by molar-refractivity contribution is 0.252. The Labute approximate surface area is 120 Å². The number of nitrogens with zero attached hydrogens (tertiary/aromatic N) is 2. The Hall–Kier alpha value is -1.46. The Morgan fingerprint density at radius 1 is 1.47 bits per heavy atom. The first-order valence-corrected chi connectivity index (χ1v) is 6.98. The summed E-state index contributed by atoms with van der Waals surface area (Å²) in [6.45, 7) is 5.85. The van der Waals surface area contributed by atoms with Gasteiger partial charge in [0.1, 0.15) is 5.75 Å². The van der Waals surface area contributed by atoms with Crippen LogP contribution in [0.3, 0.4) is 0 Å². The van der Waals surface area contributed by atoms with Gasteiger partial charge in [0, 0.05) is 10.8 Å². The van der Waals surface area contributed by atoms with E-state index in [2.05, 4.69) is 16.8 Å². The molecule has 4 nitrogen and oxygen atoms in total. The number of hydrogen-bond acceptors (Lipinski definition) is 5. The van der Waals surface area contributed by atoms with Crippen molar-refractivity contribution in [1.29, 1.82) is 0 Å². The standard InChI is InChI=1S/C13H13ClN2O2S/c1-9-4-3-5-11(6-9)17-7-12-15-16-13(18-12)19-8-10(2)14/h3-6H,2,7-8H2,1H3. The molecule has 100 valence electrons. The van der Waals surface area contributed by atoms with Crippen LogP contribution in [0.4, 0.5) is 0 Å². The first-order chi connectivity index (χ1) is 9.13. The quantitative estimate of drug-likeness (QED) is 0.759. The lowest BCUT2D eigenvalue weighted by atomic mass is 10.2. The van der Waals surface area contributed by atoms with Crippen LogP contribution in [-0.4, -0.2) is 16.0 Å². The summed E-state index contributed by atoms with van der Waals surface area (Å²) in [5.41, 5.74) is 1.14. The van der Waals surface area contributed by atoms with Crippen LogP contribution in [0.1, 0.15) is 11.5 Å². The van der Waals surface area contributed by atoms with Crippen molar-refractivity contribution in [1.82, 2.24) is 10.2 Å². The van der Waals surface area contributed by atoms with Crippen molar-refractivity contribution in [2.24, 2.45) is 0 Å². The number of ether oxygens (including phenoxy) is 1. The number of aromatic nitrogens is 2. The zero-order valence-electron chi connectivity index (χ0n) is 10.4. The molecule has 19 heavy (non-hydrogen) atoms. The molecule has 1 aromatic heterocycles. The van der Waals surface area contributed by atoms with Gasteiger partial charge in [-0.2, -0.15) is 0 Å². The fourth-order valence-electron chi connectivity index (χ4n) is 1.35. The van der Waals surface area contributed by atoms with Crippen LogP contribution in [0, 0.1) is 6.92 Å².